The van der Waals surface area contributed by atoms with Gasteiger partial charge in [0.1, 0.15) is 0 Å². The second-order valence-electron chi connectivity index (χ2n) is 7.22. The van der Waals surface area contributed by atoms with Gasteiger partial charge in [-0.25, -0.2) is 0 Å². The number of halogens is 1. The molecule has 1 aromatic carbocycles. The summed E-state index contributed by atoms with van der Waals surface area (Å²) in [5.41, 5.74) is 2.56. The first-order valence-electron chi connectivity index (χ1n) is 10.5. The van der Waals surface area contributed by atoms with Crippen LogP contribution in [-0.4, -0.2) is 61.6 Å². The maximum absolute atomic E-state index is 12.1. The van der Waals surface area contributed by atoms with Gasteiger partial charge in [0.25, 0.3) is 0 Å². The highest BCUT2D eigenvalue weighted by Gasteiger charge is 2.28. The second kappa shape index (κ2) is 13.8. The van der Waals surface area contributed by atoms with Crippen LogP contribution < -0.4 is 5.32 Å². The number of carbonyl (C=O) groups excluding carboxylic acids is 1. The molecule has 1 aromatic rings. The number of carbonyl (C=O) groups is 1. The van der Waals surface area contributed by atoms with E-state index in [0.29, 0.717) is 13.2 Å². The average Bonchev–Trinajstić information content (AvgIpc) is 2.74. The van der Waals surface area contributed by atoms with Gasteiger partial charge in [0, 0.05) is 33.2 Å². The van der Waals surface area contributed by atoms with Crippen molar-refractivity contribution in [3.8, 4) is 0 Å². The summed E-state index contributed by atoms with van der Waals surface area (Å²) in [7, 11) is 1.80. The van der Waals surface area contributed by atoms with Gasteiger partial charge in [0.15, 0.2) is 5.96 Å². The molecule has 1 atom stereocenters. The van der Waals surface area contributed by atoms with Crippen LogP contribution in [0, 0.1) is 5.92 Å². The number of rotatable bonds is 8. The van der Waals surface area contributed by atoms with Gasteiger partial charge in [-0.1, -0.05) is 38.1 Å². The molecule has 0 radical (unpaired) electrons. The summed E-state index contributed by atoms with van der Waals surface area (Å²) >= 11 is 0. The van der Waals surface area contributed by atoms with Crippen molar-refractivity contribution in [2.24, 2.45) is 10.9 Å². The molecular formula is C22H37IN4O2. The number of ether oxygens (including phenoxy) is 1. The third-order valence-corrected chi connectivity index (χ3v) is 5.33. The number of nitrogens with one attached hydrogen (secondary N) is 1. The Bertz CT molecular complexity index is 632. The summed E-state index contributed by atoms with van der Waals surface area (Å²) in [4.78, 5) is 21.1. The fraction of sp³-hybridized carbons (Fsp3) is 0.636. The molecule has 1 aliphatic heterocycles. The molecule has 1 aliphatic rings. The zero-order valence-corrected chi connectivity index (χ0v) is 20.6. The van der Waals surface area contributed by atoms with Crippen LogP contribution in [0.3, 0.4) is 0 Å². The lowest BCUT2D eigenvalue weighted by atomic mass is 9.98. The summed E-state index contributed by atoms with van der Waals surface area (Å²) in [5.74, 6) is 0.694. The SMILES string of the molecule is CCOC(=O)C1CCCN(C(=NC)NCc2ccc(CN(CC)CC)cc2)C1.I. The minimum Gasteiger partial charge on any atom is -0.466 e. The van der Waals surface area contributed by atoms with Crippen molar-refractivity contribution in [2.45, 2.75) is 46.7 Å². The van der Waals surface area contributed by atoms with Gasteiger partial charge in [-0.2, -0.15) is 0 Å². The van der Waals surface area contributed by atoms with E-state index in [1.54, 1.807) is 7.05 Å². The van der Waals surface area contributed by atoms with E-state index in [2.05, 4.69) is 58.2 Å². The molecule has 0 spiro atoms. The molecule has 1 heterocycles. The first-order chi connectivity index (χ1) is 13.6. The molecule has 1 fully saturated rings. The van der Waals surface area contributed by atoms with Crippen LogP contribution in [0.2, 0.25) is 0 Å². The van der Waals surface area contributed by atoms with Crippen LogP contribution in [0.25, 0.3) is 0 Å². The summed E-state index contributed by atoms with van der Waals surface area (Å²) in [6.07, 6.45) is 1.87. The van der Waals surface area contributed by atoms with Gasteiger partial charge in [-0.05, 0) is 44.0 Å². The third-order valence-electron chi connectivity index (χ3n) is 5.33. The summed E-state index contributed by atoms with van der Waals surface area (Å²) < 4.78 is 5.20. The van der Waals surface area contributed by atoms with Crippen molar-refractivity contribution in [1.82, 2.24) is 15.1 Å². The van der Waals surface area contributed by atoms with Crippen LogP contribution >= 0.6 is 24.0 Å². The highest BCUT2D eigenvalue weighted by atomic mass is 127. The van der Waals surface area contributed by atoms with Crippen molar-refractivity contribution < 1.29 is 9.53 Å². The highest BCUT2D eigenvalue weighted by molar-refractivity contribution is 14.0. The van der Waals surface area contributed by atoms with E-state index >= 15 is 0 Å². The van der Waals surface area contributed by atoms with Crippen LogP contribution in [0.15, 0.2) is 29.3 Å². The Labute approximate surface area is 193 Å². The van der Waals surface area contributed by atoms with Gasteiger partial charge in [0.2, 0.25) is 0 Å². The Hall–Kier alpha value is -1.35. The highest BCUT2D eigenvalue weighted by Crippen LogP contribution is 2.18. The molecule has 6 nitrogen and oxygen atoms in total. The summed E-state index contributed by atoms with van der Waals surface area (Å²) in [6.45, 7) is 12.1. The lowest BCUT2D eigenvalue weighted by molar-refractivity contribution is -0.149. The minimum atomic E-state index is -0.0913. The first-order valence-corrected chi connectivity index (χ1v) is 10.5. The number of piperidine rings is 1. The van der Waals surface area contributed by atoms with Crippen molar-refractivity contribution >= 4 is 35.9 Å². The van der Waals surface area contributed by atoms with Crippen molar-refractivity contribution in [3.63, 3.8) is 0 Å². The molecule has 0 aliphatic carbocycles. The van der Waals surface area contributed by atoms with E-state index in [1.807, 2.05) is 6.92 Å². The molecule has 0 saturated carbocycles. The van der Waals surface area contributed by atoms with Crippen molar-refractivity contribution in [3.05, 3.63) is 35.4 Å². The largest absolute Gasteiger partial charge is 0.466 e. The molecule has 29 heavy (non-hydrogen) atoms. The fourth-order valence-corrected chi connectivity index (χ4v) is 3.60. The predicted octanol–water partition coefficient (Wildman–Crippen LogP) is 3.50. The number of guanidine groups is 1. The minimum absolute atomic E-state index is 0. The summed E-state index contributed by atoms with van der Waals surface area (Å²) in [5, 5.41) is 3.44. The fourth-order valence-electron chi connectivity index (χ4n) is 3.60. The number of esters is 1. The number of hydrogen-bond donors (Lipinski definition) is 1. The summed E-state index contributed by atoms with van der Waals surface area (Å²) in [6, 6.07) is 8.76. The molecule has 164 valence electrons. The van der Waals surface area contributed by atoms with Gasteiger partial charge in [-0.3, -0.25) is 14.7 Å². The van der Waals surface area contributed by atoms with Crippen LogP contribution in [0.1, 0.15) is 44.7 Å². The normalized spacial score (nSPS) is 17.1. The number of aliphatic imine (C=N–C) groups is 1. The van der Waals surface area contributed by atoms with Crippen molar-refractivity contribution in [1.29, 1.82) is 0 Å². The molecule has 7 heteroatoms. The predicted molar refractivity (Wildman–Crippen MR) is 130 cm³/mol. The quantitative estimate of drug-likeness (QED) is 0.248. The molecule has 0 aromatic heterocycles. The van der Waals surface area contributed by atoms with Gasteiger partial charge in [-0.15, -0.1) is 24.0 Å². The van der Waals surface area contributed by atoms with E-state index < -0.39 is 0 Å². The van der Waals surface area contributed by atoms with E-state index in [1.165, 1.54) is 11.1 Å². The van der Waals surface area contributed by atoms with E-state index in [4.69, 9.17) is 4.74 Å². The van der Waals surface area contributed by atoms with E-state index in [9.17, 15) is 4.79 Å². The molecule has 0 amide bonds. The number of benzene rings is 1. The Morgan fingerprint density at radius 1 is 1.21 bits per heavy atom. The number of hydrogen-bond acceptors (Lipinski definition) is 4. The Morgan fingerprint density at radius 2 is 1.86 bits per heavy atom. The molecule has 2 rings (SSSR count). The maximum atomic E-state index is 12.1. The number of likely N-dealkylation sites (tertiary alicyclic amines) is 1. The topological polar surface area (TPSA) is 57.2 Å². The maximum Gasteiger partial charge on any atom is 0.310 e. The van der Waals surface area contributed by atoms with E-state index in [-0.39, 0.29) is 35.9 Å². The van der Waals surface area contributed by atoms with Crippen LogP contribution in [0.4, 0.5) is 0 Å². The first kappa shape index (κ1) is 25.7. The zero-order chi connectivity index (χ0) is 20.4. The van der Waals surface area contributed by atoms with Gasteiger partial charge in [0.05, 0.1) is 12.5 Å². The monoisotopic (exact) mass is 516 g/mol. The second-order valence-corrected chi connectivity index (χ2v) is 7.22. The van der Waals surface area contributed by atoms with Gasteiger partial charge >= 0.3 is 5.97 Å². The standard InChI is InChI=1S/C22H36N4O2.HI/c1-5-25(6-2)16-19-12-10-18(11-13-19)15-24-22(23-4)26-14-8-9-20(17-26)21(27)28-7-3;/h10-13,20H,5-9,14-17H2,1-4H3,(H,23,24);1H. The third kappa shape index (κ3) is 8.12. The Kier molecular flexibility index (Phi) is 12.2. The van der Waals surface area contributed by atoms with Crippen LogP contribution in [-0.2, 0) is 22.6 Å². The molecule has 1 saturated heterocycles. The average molecular weight is 516 g/mol. The lowest BCUT2D eigenvalue weighted by Gasteiger charge is -2.34. The van der Waals surface area contributed by atoms with Gasteiger partial charge < -0.3 is 15.0 Å². The molecule has 1 unspecified atom stereocenters. The smallest absolute Gasteiger partial charge is 0.310 e. The molecule has 1 N–H and O–H groups in total. The Balaban J connectivity index is 0.00000420. The molecule has 0 bridgehead atoms. The Morgan fingerprint density at radius 3 is 2.45 bits per heavy atom. The number of nitrogens with zero attached hydrogens (tertiary/aromatic N) is 3. The zero-order valence-electron chi connectivity index (χ0n) is 18.3. The van der Waals surface area contributed by atoms with E-state index in [0.717, 1.165) is 51.5 Å². The molecular weight excluding hydrogens is 479 g/mol. The lowest BCUT2D eigenvalue weighted by Crippen LogP contribution is -2.48. The van der Waals surface area contributed by atoms with Crippen LogP contribution in [0.5, 0.6) is 0 Å². The van der Waals surface area contributed by atoms with Crippen molar-refractivity contribution in [2.75, 3.05) is 39.8 Å².